The van der Waals surface area contributed by atoms with E-state index in [9.17, 15) is 9.59 Å². The lowest BCUT2D eigenvalue weighted by Gasteiger charge is -2.08. The summed E-state index contributed by atoms with van der Waals surface area (Å²) in [7, 11) is 0. The van der Waals surface area contributed by atoms with Crippen LogP contribution in [0.5, 0.6) is 5.75 Å². The van der Waals surface area contributed by atoms with E-state index in [0.717, 1.165) is 29.7 Å². The highest BCUT2D eigenvalue weighted by atomic mass is 16.5. The SMILES string of the molecule is Cc1cc(/C=C/C(=O)Nc2ccccc2C(=O)O)ccc1OC1CC1. The molecule has 128 valence electrons. The zero-order chi connectivity index (χ0) is 17.8. The van der Waals surface area contributed by atoms with Crippen LogP contribution in [-0.4, -0.2) is 23.1 Å². The third-order valence-corrected chi connectivity index (χ3v) is 3.86. The van der Waals surface area contributed by atoms with E-state index in [1.807, 2.05) is 25.1 Å². The Morgan fingerprint density at radius 1 is 1.20 bits per heavy atom. The number of aryl methyl sites for hydroxylation is 1. The number of hydrogen-bond acceptors (Lipinski definition) is 3. The fourth-order valence-electron chi connectivity index (χ4n) is 2.40. The van der Waals surface area contributed by atoms with E-state index in [1.54, 1.807) is 24.3 Å². The first-order valence-corrected chi connectivity index (χ1v) is 8.11. The second-order valence-electron chi connectivity index (χ2n) is 6.02. The number of carbonyl (C=O) groups excluding carboxylic acids is 1. The molecule has 1 aliphatic rings. The number of hydrogen-bond donors (Lipinski definition) is 2. The van der Waals surface area contributed by atoms with E-state index < -0.39 is 5.97 Å². The zero-order valence-electron chi connectivity index (χ0n) is 13.9. The average Bonchev–Trinajstić information content (AvgIpc) is 3.39. The maximum Gasteiger partial charge on any atom is 0.337 e. The van der Waals surface area contributed by atoms with Crippen LogP contribution in [0.4, 0.5) is 5.69 Å². The average molecular weight is 337 g/mol. The number of nitrogens with one attached hydrogen (secondary N) is 1. The number of rotatable bonds is 6. The quantitative estimate of drug-likeness (QED) is 0.784. The van der Waals surface area contributed by atoms with Crippen molar-refractivity contribution < 1.29 is 19.4 Å². The molecule has 0 saturated heterocycles. The largest absolute Gasteiger partial charge is 0.490 e. The fraction of sp³-hybridized carbons (Fsp3) is 0.200. The smallest absolute Gasteiger partial charge is 0.337 e. The number of para-hydroxylation sites is 1. The van der Waals surface area contributed by atoms with Gasteiger partial charge in [-0.2, -0.15) is 0 Å². The highest BCUT2D eigenvalue weighted by Crippen LogP contribution is 2.29. The van der Waals surface area contributed by atoms with E-state index in [2.05, 4.69) is 5.32 Å². The van der Waals surface area contributed by atoms with E-state index in [-0.39, 0.29) is 17.2 Å². The molecule has 2 aromatic carbocycles. The molecule has 25 heavy (non-hydrogen) atoms. The van der Waals surface area contributed by atoms with Gasteiger partial charge in [-0.1, -0.05) is 18.2 Å². The molecular formula is C20H19NO4. The van der Waals surface area contributed by atoms with Crippen molar-refractivity contribution in [1.29, 1.82) is 0 Å². The number of ether oxygens (including phenoxy) is 1. The monoisotopic (exact) mass is 337 g/mol. The first-order chi connectivity index (χ1) is 12.0. The van der Waals surface area contributed by atoms with Gasteiger partial charge >= 0.3 is 5.97 Å². The van der Waals surface area contributed by atoms with Crippen molar-refractivity contribution in [3.8, 4) is 5.75 Å². The summed E-state index contributed by atoms with van der Waals surface area (Å²) in [4.78, 5) is 23.2. The maximum atomic E-state index is 12.1. The third kappa shape index (κ3) is 4.47. The number of aromatic carboxylic acids is 1. The molecule has 0 aromatic heterocycles. The summed E-state index contributed by atoms with van der Waals surface area (Å²) in [5.74, 6) is -0.592. The summed E-state index contributed by atoms with van der Waals surface area (Å²) in [6.45, 7) is 1.97. The molecule has 0 radical (unpaired) electrons. The van der Waals surface area contributed by atoms with Crippen LogP contribution in [0.15, 0.2) is 48.5 Å². The number of carboxylic acid groups (broad SMARTS) is 1. The second-order valence-corrected chi connectivity index (χ2v) is 6.02. The normalized spacial score (nSPS) is 13.6. The van der Waals surface area contributed by atoms with Gasteiger partial charge in [0.2, 0.25) is 5.91 Å². The molecule has 0 aliphatic heterocycles. The van der Waals surface area contributed by atoms with E-state index in [1.165, 1.54) is 12.1 Å². The van der Waals surface area contributed by atoms with Crippen LogP contribution in [0, 0.1) is 6.92 Å². The Bertz CT molecular complexity index is 837. The van der Waals surface area contributed by atoms with Gasteiger partial charge in [-0.25, -0.2) is 4.79 Å². The van der Waals surface area contributed by atoms with Crippen molar-refractivity contribution in [2.45, 2.75) is 25.9 Å². The number of carbonyl (C=O) groups is 2. The van der Waals surface area contributed by atoms with Crippen LogP contribution in [-0.2, 0) is 4.79 Å². The second kappa shape index (κ2) is 7.21. The fourth-order valence-corrected chi connectivity index (χ4v) is 2.40. The van der Waals surface area contributed by atoms with Gasteiger partial charge in [0.1, 0.15) is 5.75 Å². The van der Waals surface area contributed by atoms with Gasteiger partial charge in [-0.15, -0.1) is 0 Å². The van der Waals surface area contributed by atoms with Gasteiger partial charge in [-0.05, 0) is 61.2 Å². The highest BCUT2D eigenvalue weighted by molar-refractivity contribution is 6.06. The van der Waals surface area contributed by atoms with Crippen molar-refractivity contribution in [2.24, 2.45) is 0 Å². The first-order valence-electron chi connectivity index (χ1n) is 8.11. The molecule has 1 aliphatic carbocycles. The predicted molar refractivity (Wildman–Crippen MR) is 95.9 cm³/mol. The molecular weight excluding hydrogens is 318 g/mol. The van der Waals surface area contributed by atoms with E-state index in [4.69, 9.17) is 9.84 Å². The van der Waals surface area contributed by atoms with Gasteiger partial charge in [0.05, 0.1) is 17.4 Å². The molecule has 0 unspecified atom stereocenters. The highest BCUT2D eigenvalue weighted by Gasteiger charge is 2.23. The van der Waals surface area contributed by atoms with E-state index in [0.29, 0.717) is 6.10 Å². The van der Waals surface area contributed by atoms with Crippen LogP contribution in [0.25, 0.3) is 6.08 Å². The first kappa shape index (κ1) is 16.8. The van der Waals surface area contributed by atoms with Crippen molar-refractivity contribution in [3.63, 3.8) is 0 Å². The molecule has 0 bridgehead atoms. The Hall–Kier alpha value is -3.08. The summed E-state index contributed by atoms with van der Waals surface area (Å²) in [5, 5.41) is 11.7. The molecule has 1 fully saturated rings. The minimum absolute atomic E-state index is 0.0571. The van der Waals surface area contributed by atoms with Crippen LogP contribution < -0.4 is 10.1 Å². The summed E-state index contributed by atoms with van der Waals surface area (Å²) < 4.78 is 5.79. The van der Waals surface area contributed by atoms with Crippen LogP contribution >= 0.6 is 0 Å². The van der Waals surface area contributed by atoms with Gasteiger partial charge in [0.25, 0.3) is 0 Å². The molecule has 0 spiro atoms. The summed E-state index contributed by atoms with van der Waals surface area (Å²) >= 11 is 0. The minimum Gasteiger partial charge on any atom is -0.490 e. The Kier molecular flexibility index (Phi) is 4.84. The lowest BCUT2D eigenvalue weighted by atomic mass is 10.1. The molecule has 0 heterocycles. The van der Waals surface area contributed by atoms with Gasteiger partial charge in [0.15, 0.2) is 0 Å². The third-order valence-electron chi connectivity index (χ3n) is 3.86. The standard InChI is InChI=1S/C20H19NO4/c1-13-12-14(6-10-18(13)25-15-8-9-15)7-11-19(22)21-17-5-3-2-4-16(17)20(23)24/h2-7,10-12,15H,8-9H2,1H3,(H,21,22)(H,23,24)/b11-7+. The lowest BCUT2D eigenvalue weighted by Crippen LogP contribution is -2.11. The molecule has 3 rings (SSSR count). The predicted octanol–water partition coefficient (Wildman–Crippen LogP) is 3.89. The van der Waals surface area contributed by atoms with Gasteiger partial charge in [-0.3, -0.25) is 4.79 Å². The molecule has 5 nitrogen and oxygen atoms in total. The number of amides is 1. The summed E-state index contributed by atoms with van der Waals surface area (Å²) in [6.07, 6.45) is 5.64. The summed E-state index contributed by atoms with van der Waals surface area (Å²) in [6, 6.07) is 12.0. The maximum absolute atomic E-state index is 12.1. The Morgan fingerprint density at radius 2 is 1.96 bits per heavy atom. The number of carboxylic acids is 1. The number of benzene rings is 2. The molecule has 2 aromatic rings. The van der Waals surface area contributed by atoms with Crippen LogP contribution in [0.1, 0.15) is 34.3 Å². The van der Waals surface area contributed by atoms with Crippen molar-refractivity contribution in [3.05, 3.63) is 65.2 Å². The van der Waals surface area contributed by atoms with Crippen molar-refractivity contribution in [2.75, 3.05) is 5.32 Å². The molecule has 2 N–H and O–H groups in total. The zero-order valence-corrected chi connectivity index (χ0v) is 13.9. The van der Waals surface area contributed by atoms with Crippen LogP contribution in [0.3, 0.4) is 0 Å². The molecule has 0 atom stereocenters. The van der Waals surface area contributed by atoms with E-state index >= 15 is 0 Å². The summed E-state index contributed by atoms with van der Waals surface area (Å²) in [5.41, 5.74) is 2.23. The Labute approximate surface area is 145 Å². The topological polar surface area (TPSA) is 75.6 Å². The minimum atomic E-state index is -1.08. The molecule has 1 amide bonds. The Morgan fingerprint density at radius 3 is 2.64 bits per heavy atom. The molecule has 1 saturated carbocycles. The molecule has 5 heteroatoms. The van der Waals surface area contributed by atoms with Gasteiger partial charge < -0.3 is 15.2 Å². The van der Waals surface area contributed by atoms with Crippen molar-refractivity contribution >= 4 is 23.6 Å². The Balaban J connectivity index is 1.66. The van der Waals surface area contributed by atoms with Crippen LogP contribution in [0.2, 0.25) is 0 Å². The van der Waals surface area contributed by atoms with Crippen molar-refractivity contribution in [1.82, 2.24) is 0 Å². The number of anilines is 1. The van der Waals surface area contributed by atoms with Gasteiger partial charge in [0, 0.05) is 6.08 Å². The lowest BCUT2D eigenvalue weighted by molar-refractivity contribution is -0.111.